The summed E-state index contributed by atoms with van der Waals surface area (Å²) in [4.78, 5) is 1.31. The summed E-state index contributed by atoms with van der Waals surface area (Å²) in [7, 11) is 1.98. The van der Waals surface area contributed by atoms with Gasteiger partial charge in [0.05, 0.1) is 9.83 Å². The number of halogens is 1. The van der Waals surface area contributed by atoms with Crippen molar-refractivity contribution in [2.75, 3.05) is 20.3 Å². The van der Waals surface area contributed by atoms with Crippen molar-refractivity contribution in [1.82, 2.24) is 5.32 Å². The molecule has 0 amide bonds. The number of ether oxygens (including phenoxy) is 2. The van der Waals surface area contributed by atoms with Gasteiger partial charge in [0.1, 0.15) is 13.2 Å². The lowest BCUT2D eigenvalue weighted by Gasteiger charge is -2.22. The molecule has 2 heterocycles. The van der Waals surface area contributed by atoms with Crippen LogP contribution in [-0.4, -0.2) is 20.3 Å². The van der Waals surface area contributed by atoms with E-state index in [1.807, 2.05) is 13.1 Å². The van der Waals surface area contributed by atoms with Crippen molar-refractivity contribution in [3.05, 3.63) is 44.1 Å². The maximum atomic E-state index is 5.67. The molecular formula is C15H16BrNO2S. The van der Waals surface area contributed by atoms with E-state index in [0.29, 0.717) is 13.2 Å². The van der Waals surface area contributed by atoms with E-state index in [4.69, 9.17) is 9.47 Å². The predicted octanol–water partition coefficient (Wildman–Crippen LogP) is 3.90. The van der Waals surface area contributed by atoms with Crippen molar-refractivity contribution in [3.8, 4) is 11.5 Å². The van der Waals surface area contributed by atoms with Gasteiger partial charge in [0.15, 0.2) is 11.5 Å². The molecule has 5 heteroatoms. The second-order valence-corrected chi connectivity index (χ2v) is 7.32. The molecule has 3 rings (SSSR count). The van der Waals surface area contributed by atoms with Crippen LogP contribution in [-0.2, 0) is 0 Å². The highest BCUT2D eigenvalue weighted by Crippen LogP contribution is 2.37. The zero-order valence-corrected chi connectivity index (χ0v) is 13.8. The Morgan fingerprint density at radius 2 is 1.95 bits per heavy atom. The lowest BCUT2D eigenvalue weighted by molar-refractivity contribution is 0.171. The van der Waals surface area contributed by atoms with E-state index >= 15 is 0 Å². The van der Waals surface area contributed by atoms with Crippen LogP contribution in [0.25, 0.3) is 0 Å². The molecule has 20 heavy (non-hydrogen) atoms. The standard InChI is InChI=1S/C15H16BrNO2S/c1-9-11(8-14(16)20-9)15(17-2)10-3-4-12-13(7-10)19-6-5-18-12/h3-4,7-8,15,17H,5-6H2,1-2H3. The van der Waals surface area contributed by atoms with Crippen LogP contribution < -0.4 is 14.8 Å². The summed E-state index contributed by atoms with van der Waals surface area (Å²) in [6.07, 6.45) is 0. The molecule has 0 bridgehead atoms. The summed E-state index contributed by atoms with van der Waals surface area (Å²) in [6, 6.07) is 8.50. The van der Waals surface area contributed by atoms with Gasteiger partial charge in [-0.3, -0.25) is 0 Å². The first-order chi connectivity index (χ1) is 9.69. The Morgan fingerprint density at radius 3 is 2.60 bits per heavy atom. The molecule has 1 N–H and O–H groups in total. The Hall–Kier alpha value is -1.04. The van der Waals surface area contributed by atoms with E-state index in [0.717, 1.165) is 15.3 Å². The summed E-state index contributed by atoms with van der Waals surface area (Å²) >= 11 is 5.32. The van der Waals surface area contributed by atoms with Crippen LogP contribution in [0.15, 0.2) is 28.1 Å². The third kappa shape index (κ3) is 2.57. The van der Waals surface area contributed by atoms with Gasteiger partial charge in [0, 0.05) is 4.88 Å². The van der Waals surface area contributed by atoms with Crippen molar-refractivity contribution >= 4 is 27.3 Å². The minimum Gasteiger partial charge on any atom is -0.486 e. The van der Waals surface area contributed by atoms with E-state index in [1.54, 1.807) is 11.3 Å². The minimum absolute atomic E-state index is 0.161. The second kappa shape index (κ2) is 5.76. The molecule has 0 aliphatic carbocycles. The molecule has 0 radical (unpaired) electrons. The zero-order chi connectivity index (χ0) is 14.1. The number of benzene rings is 1. The Kier molecular flexibility index (Phi) is 4.01. The fourth-order valence-corrected chi connectivity index (χ4v) is 4.23. The van der Waals surface area contributed by atoms with Gasteiger partial charge in [-0.25, -0.2) is 0 Å². The molecule has 3 nitrogen and oxygen atoms in total. The van der Waals surface area contributed by atoms with Crippen molar-refractivity contribution in [2.45, 2.75) is 13.0 Å². The maximum Gasteiger partial charge on any atom is 0.161 e. The van der Waals surface area contributed by atoms with Gasteiger partial charge in [0.25, 0.3) is 0 Å². The average Bonchev–Trinajstić information content (AvgIpc) is 2.78. The number of thiophene rings is 1. The second-order valence-electron chi connectivity index (χ2n) is 4.69. The molecule has 1 aromatic carbocycles. The molecule has 1 aliphatic rings. The largest absolute Gasteiger partial charge is 0.486 e. The van der Waals surface area contributed by atoms with Crippen LogP contribution in [0.5, 0.6) is 11.5 Å². The number of hydrogen-bond acceptors (Lipinski definition) is 4. The van der Waals surface area contributed by atoms with Gasteiger partial charge in [-0.05, 0) is 59.2 Å². The van der Waals surface area contributed by atoms with E-state index in [9.17, 15) is 0 Å². The summed E-state index contributed by atoms with van der Waals surface area (Å²) in [5, 5.41) is 3.39. The number of nitrogens with one attached hydrogen (secondary N) is 1. The first-order valence-electron chi connectivity index (χ1n) is 6.51. The lowest BCUT2D eigenvalue weighted by atomic mass is 9.99. The van der Waals surface area contributed by atoms with E-state index in [2.05, 4.69) is 46.4 Å². The van der Waals surface area contributed by atoms with Crippen molar-refractivity contribution in [3.63, 3.8) is 0 Å². The van der Waals surface area contributed by atoms with Crippen molar-refractivity contribution in [1.29, 1.82) is 0 Å². The van der Waals surface area contributed by atoms with Crippen LogP contribution in [0, 0.1) is 6.92 Å². The van der Waals surface area contributed by atoms with Gasteiger partial charge in [-0.15, -0.1) is 11.3 Å². The quantitative estimate of drug-likeness (QED) is 0.907. The van der Waals surface area contributed by atoms with Gasteiger partial charge < -0.3 is 14.8 Å². The number of aryl methyl sites for hydroxylation is 1. The number of rotatable bonds is 3. The van der Waals surface area contributed by atoms with Gasteiger partial charge >= 0.3 is 0 Å². The Labute approximate surface area is 131 Å². The highest BCUT2D eigenvalue weighted by Gasteiger charge is 2.20. The van der Waals surface area contributed by atoms with Crippen molar-refractivity contribution < 1.29 is 9.47 Å². The summed E-state index contributed by atoms with van der Waals surface area (Å²) in [5.74, 6) is 1.67. The molecule has 106 valence electrons. The topological polar surface area (TPSA) is 30.5 Å². The molecule has 1 atom stereocenters. The first-order valence-corrected chi connectivity index (χ1v) is 8.12. The molecule has 1 unspecified atom stereocenters. The average molecular weight is 354 g/mol. The van der Waals surface area contributed by atoms with Gasteiger partial charge in [0.2, 0.25) is 0 Å². The normalized spacial score (nSPS) is 15.2. The van der Waals surface area contributed by atoms with Crippen molar-refractivity contribution in [2.24, 2.45) is 0 Å². The zero-order valence-electron chi connectivity index (χ0n) is 11.4. The van der Waals surface area contributed by atoms with Crippen LogP contribution in [0.1, 0.15) is 22.0 Å². The fourth-order valence-electron chi connectivity index (χ4n) is 2.49. The van der Waals surface area contributed by atoms with Crippen LogP contribution in [0.3, 0.4) is 0 Å². The molecule has 1 aliphatic heterocycles. The highest BCUT2D eigenvalue weighted by molar-refractivity contribution is 9.11. The molecule has 0 fully saturated rings. The van der Waals surface area contributed by atoms with E-state index < -0.39 is 0 Å². The fraction of sp³-hybridized carbons (Fsp3) is 0.333. The number of hydrogen-bond donors (Lipinski definition) is 1. The number of fused-ring (bicyclic) bond motifs is 1. The molecule has 1 aromatic heterocycles. The minimum atomic E-state index is 0.161. The maximum absolute atomic E-state index is 5.67. The summed E-state index contributed by atoms with van der Waals surface area (Å²) < 4.78 is 12.4. The Balaban J connectivity index is 1.99. The molecule has 0 saturated carbocycles. The Bertz CT molecular complexity index is 626. The molecular weight excluding hydrogens is 338 g/mol. The van der Waals surface area contributed by atoms with Crippen LogP contribution in [0.4, 0.5) is 0 Å². The predicted molar refractivity (Wildman–Crippen MR) is 85.1 cm³/mol. The SMILES string of the molecule is CNC(c1ccc2c(c1)OCCO2)c1cc(Br)sc1C. The van der Waals surface area contributed by atoms with E-state index in [-0.39, 0.29) is 6.04 Å². The van der Waals surface area contributed by atoms with Gasteiger partial charge in [-0.2, -0.15) is 0 Å². The first kappa shape index (κ1) is 13.9. The molecule has 0 saturated heterocycles. The summed E-state index contributed by atoms with van der Waals surface area (Å²) in [5.41, 5.74) is 2.48. The molecule has 2 aromatic rings. The monoisotopic (exact) mass is 353 g/mol. The van der Waals surface area contributed by atoms with Crippen LogP contribution >= 0.6 is 27.3 Å². The smallest absolute Gasteiger partial charge is 0.161 e. The van der Waals surface area contributed by atoms with E-state index in [1.165, 1.54) is 16.0 Å². The molecule has 0 spiro atoms. The summed E-state index contributed by atoms with van der Waals surface area (Å²) in [6.45, 7) is 3.38. The Morgan fingerprint density at radius 1 is 1.20 bits per heavy atom. The van der Waals surface area contributed by atoms with Crippen LogP contribution in [0.2, 0.25) is 0 Å². The third-order valence-electron chi connectivity index (χ3n) is 3.43. The highest BCUT2D eigenvalue weighted by atomic mass is 79.9. The third-order valence-corrected chi connectivity index (χ3v) is 4.99. The lowest BCUT2D eigenvalue weighted by Crippen LogP contribution is -2.19. The van der Waals surface area contributed by atoms with Gasteiger partial charge in [-0.1, -0.05) is 6.07 Å².